The van der Waals surface area contributed by atoms with Crippen molar-refractivity contribution in [1.82, 2.24) is 4.90 Å². The zero-order valence-corrected chi connectivity index (χ0v) is 13.9. The van der Waals surface area contributed by atoms with E-state index in [1.54, 1.807) is 7.11 Å². The average molecular weight is 306 g/mol. The molecule has 0 radical (unpaired) electrons. The topological polar surface area (TPSA) is 38.5 Å². The van der Waals surface area contributed by atoms with Crippen LogP contribution in [0.2, 0.25) is 0 Å². The van der Waals surface area contributed by atoms with Gasteiger partial charge in [0.05, 0.1) is 12.7 Å². The fraction of sp³-hybridized carbons (Fsp3) is 0.588. The van der Waals surface area contributed by atoms with Gasteiger partial charge < -0.3 is 10.5 Å². The maximum atomic E-state index is 5.80. The van der Waals surface area contributed by atoms with E-state index in [1.807, 2.05) is 6.07 Å². The Morgan fingerprint density at radius 3 is 2.62 bits per heavy atom. The van der Waals surface area contributed by atoms with Crippen LogP contribution in [0.5, 0.6) is 5.75 Å². The van der Waals surface area contributed by atoms with Crippen molar-refractivity contribution in [1.29, 1.82) is 0 Å². The van der Waals surface area contributed by atoms with E-state index in [0.717, 1.165) is 30.4 Å². The molecule has 1 aliphatic rings. The number of rotatable bonds is 6. The van der Waals surface area contributed by atoms with Crippen LogP contribution in [0.3, 0.4) is 0 Å². The van der Waals surface area contributed by atoms with Crippen LogP contribution in [0.15, 0.2) is 18.2 Å². The summed E-state index contributed by atoms with van der Waals surface area (Å²) in [6.07, 6.45) is 6.77. The van der Waals surface area contributed by atoms with Gasteiger partial charge in [0.25, 0.3) is 0 Å². The fourth-order valence-electron chi connectivity index (χ4n) is 3.23. The molecule has 0 saturated heterocycles. The third kappa shape index (κ3) is 4.17. The predicted molar refractivity (Wildman–Crippen MR) is 91.8 cm³/mol. The summed E-state index contributed by atoms with van der Waals surface area (Å²) in [5, 5.41) is 0. The molecule has 1 fully saturated rings. The quantitative estimate of drug-likeness (QED) is 0.817. The Morgan fingerprint density at radius 1 is 1.33 bits per heavy atom. The molecule has 0 unspecified atom stereocenters. The van der Waals surface area contributed by atoms with Crippen LogP contribution in [-0.2, 0) is 6.54 Å². The van der Waals surface area contributed by atoms with Gasteiger partial charge in [-0.3, -0.25) is 4.90 Å². The molecule has 4 heteroatoms. The minimum absolute atomic E-state index is 0.398. The zero-order chi connectivity index (χ0) is 15.2. The molecule has 116 valence electrons. The molecule has 2 rings (SSSR count). The highest BCUT2D eigenvalue weighted by Crippen LogP contribution is 2.25. The highest BCUT2D eigenvalue weighted by molar-refractivity contribution is 7.80. The van der Waals surface area contributed by atoms with Gasteiger partial charge in [-0.25, -0.2) is 0 Å². The number of hydrogen-bond donors (Lipinski definition) is 1. The first kappa shape index (κ1) is 16.2. The fourth-order valence-corrected chi connectivity index (χ4v) is 3.39. The average Bonchev–Trinajstić information content (AvgIpc) is 2.53. The standard InChI is InChI=1S/C17H26N2OS/c1-3-19(14-7-5-4-6-8-14)12-13-9-10-16(20-2)15(11-13)17(18)21/h9-11,14H,3-8,12H2,1-2H3,(H2,18,21). The van der Waals surface area contributed by atoms with E-state index >= 15 is 0 Å². The van der Waals surface area contributed by atoms with E-state index in [9.17, 15) is 0 Å². The van der Waals surface area contributed by atoms with Crippen molar-refractivity contribution in [3.63, 3.8) is 0 Å². The van der Waals surface area contributed by atoms with Gasteiger partial charge in [-0.2, -0.15) is 0 Å². The molecule has 21 heavy (non-hydrogen) atoms. The largest absolute Gasteiger partial charge is 0.496 e. The van der Waals surface area contributed by atoms with E-state index < -0.39 is 0 Å². The van der Waals surface area contributed by atoms with Crippen molar-refractivity contribution in [2.75, 3.05) is 13.7 Å². The summed E-state index contributed by atoms with van der Waals surface area (Å²) in [6, 6.07) is 6.89. The Kier molecular flexibility index (Phi) is 6.00. The van der Waals surface area contributed by atoms with Gasteiger partial charge in [0.2, 0.25) is 0 Å². The number of hydrogen-bond acceptors (Lipinski definition) is 3. The summed E-state index contributed by atoms with van der Waals surface area (Å²) < 4.78 is 5.33. The van der Waals surface area contributed by atoms with Crippen molar-refractivity contribution in [3.05, 3.63) is 29.3 Å². The van der Waals surface area contributed by atoms with Crippen LogP contribution in [0, 0.1) is 0 Å². The van der Waals surface area contributed by atoms with E-state index in [1.165, 1.54) is 37.7 Å². The smallest absolute Gasteiger partial charge is 0.129 e. The van der Waals surface area contributed by atoms with Gasteiger partial charge >= 0.3 is 0 Å². The first-order valence-corrected chi connectivity index (χ1v) is 8.27. The van der Waals surface area contributed by atoms with Gasteiger partial charge in [-0.05, 0) is 37.1 Å². The number of methoxy groups -OCH3 is 1. The molecule has 1 aromatic carbocycles. The zero-order valence-electron chi connectivity index (χ0n) is 13.1. The molecule has 2 N–H and O–H groups in total. The molecular weight excluding hydrogens is 280 g/mol. The van der Waals surface area contributed by atoms with Crippen LogP contribution in [0.4, 0.5) is 0 Å². The highest BCUT2D eigenvalue weighted by Gasteiger charge is 2.20. The van der Waals surface area contributed by atoms with E-state index in [2.05, 4.69) is 24.0 Å². The van der Waals surface area contributed by atoms with Gasteiger partial charge in [-0.1, -0.05) is 44.5 Å². The maximum Gasteiger partial charge on any atom is 0.129 e. The molecule has 0 aliphatic heterocycles. The number of ether oxygens (including phenoxy) is 1. The Balaban J connectivity index is 2.13. The predicted octanol–water partition coefficient (Wildman–Crippen LogP) is 3.48. The van der Waals surface area contributed by atoms with Gasteiger partial charge in [0, 0.05) is 12.6 Å². The lowest BCUT2D eigenvalue weighted by molar-refractivity contribution is 0.156. The molecule has 3 nitrogen and oxygen atoms in total. The summed E-state index contributed by atoms with van der Waals surface area (Å²) in [5.41, 5.74) is 7.90. The van der Waals surface area contributed by atoms with Crippen molar-refractivity contribution in [2.24, 2.45) is 5.73 Å². The van der Waals surface area contributed by atoms with Crippen molar-refractivity contribution in [2.45, 2.75) is 51.6 Å². The maximum absolute atomic E-state index is 5.80. The third-order valence-electron chi connectivity index (χ3n) is 4.41. The minimum atomic E-state index is 0.398. The summed E-state index contributed by atoms with van der Waals surface area (Å²) in [4.78, 5) is 2.97. The van der Waals surface area contributed by atoms with Crippen LogP contribution in [-0.4, -0.2) is 29.6 Å². The summed E-state index contributed by atoms with van der Waals surface area (Å²) in [7, 11) is 1.65. The summed E-state index contributed by atoms with van der Waals surface area (Å²) >= 11 is 5.13. The highest BCUT2D eigenvalue weighted by atomic mass is 32.1. The van der Waals surface area contributed by atoms with Crippen molar-refractivity contribution < 1.29 is 4.74 Å². The van der Waals surface area contributed by atoms with Crippen LogP contribution in [0.25, 0.3) is 0 Å². The van der Waals surface area contributed by atoms with Crippen molar-refractivity contribution in [3.8, 4) is 5.75 Å². The van der Waals surface area contributed by atoms with Crippen molar-refractivity contribution >= 4 is 17.2 Å². The lowest BCUT2D eigenvalue weighted by Gasteiger charge is -2.33. The van der Waals surface area contributed by atoms with Gasteiger partial charge in [-0.15, -0.1) is 0 Å². The molecular formula is C17H26N2OS. The molecule has 0 aromatic heterocycles. The van der Waals surface area contributed by atoms with Gasteiger partial charge in [0.1, 0.15) is 10.7 Å². The lowest BCUT2D eigenvalue weighted by Crippen LogP contribution is -2.36. The molecule has 0 atom stereocenters. The monoisotopic (exact) mass is 306 g/mol. The minimum Gasteiger partial charge on any atom is -0.496 e. The normalized spacial score (nSPS) is 16.1. The molecule has 1 aliphatic carbocycles. The van der Waals surface area contributed by atoms with E-state index in [0.29, 0.717) is 4.99 Å². The van der Waals surface area contributed by atoms with E-state index in [4.69, 9.17) is 22.7 Å². The Bertz CT molecular complexity index is 484. The summed E-state index contributed by atoms with van der Waals surface area (Å²) in [6.45, 7) is 4.28. The summed E-state index contributed by atoms with van der Waals surface area (Å²) in [5.74, 6) is 0.756. The van der Waals surface area contributed by atoms with Crippen LogP contribution < -0.4 is 10.5 Å². The Morgan fingerprint density at radius 2 is 2.05 bits per heavy atom. The number of benzene rings is 1. The SMILES string of the molecule is CCN(Cc1ccc(OC)c(C(N)=S)c1)C1CCCCC1. The lowest BCUT2D eigenvalue weighted by atomic mass is 9.94. The second-order valence-electron chi connectivity index (χ2n) is 5.75. The Hall–Kier alpha value is -1.13. The molecule has 1 aromatic rings. The Labute approximate surface area is 133 Å². The van der Waals surface area contributed by atoms with E-state index in [-0.39, 0.29) is 0 Å². The number of thiocarbonyl (C=S) groups is 1. The third-order valence-corrected chi connectivity index (χ3v) is 4.63. The van der Waals surface area contributed by atoms with Crippen LogP contribution in [0.1, 0.15) is 50.2 Å². The first-order chi connectivity index (χ1) is 10.2. The number of nitrogens with zero attached hydrogens (tertiary/aromatic N) is 1. The molecule has 0 amide bonds. The van der Waals surface area contributed by atoms with Gasteiger partial charge in [0.15, 0.2) is 0 Å². The molecule has 0 spiro atoms. The molecule has 0 heterocycles. The first-order valence-electron chi connectivity index (χ1n) is 7.86. The van der Waals surface area contributed by atoms with Crippen LogP contribution >= 0.6 is 12.2 Å². The number of nitrogens with two attached hydrogens (primary N) is 1. The molecule has 0 bridgehead atoms. The molecule has 1 saturated carbocycles. The second kappa shape index (κ2) is 7.76. The second-order valence-corrected chi connectivity index (χ2v) is 6.19.